The lowest BCUT2D eigenvalue weighted by atomic mass is 10.00. The summed E-state index contributed by atoms with van der Waals surface area (Å²) in [4.78, 5) is 26.4. The molecule has 0 saturated carbocycles. The maximum atomic E-state index is 13.4. The number of aliphatic imine (C=N–C) groups is 1. The summed E-state index contributed by atoms with van der Waals surface area (Å²) >= 11 is 0. The number of aryl methyl sites for hydroxylation is 1. The van der Waals surface area contributed by atoms with E-state index in [1.54, 1.807) is 26.2 Å². The van der Waals surface area contributed by atoms with E-state index in [1.807, 2.05) is 0 Å². The third kappa shape index (κ3) is 4.97. The third-order valence-electron chi connectivity index (χ3n) is 4.35. The minimum atomic E-state index is -4.67. The summed E-state index contributed by atoms with van der Waals surface area (Å²) in [6.07, 6.45) is 0.801. The van der Waals surface area contributed by atoms with Crippen LogP contribution >= 0.6 is 0 Å². The summed E-state index contributed by atoms with van der Waals surface area (Å²) < 4.78 is 40.2. The average Bonchev–Trinajstić information content (AvgIpc) is 2.73. The van der Waals surface area contributed by atoms with Crippen LogP contribution in [0.2, 0.25) is 0 Å². The zero-order chi connectivity index (χ0) is 22.6. The number of rotatable bonds is 5. The van der Waals surface area contributed by atoms with Gasteiger partial charge in [-0.15, -0.1) is 0 Å². The molecule has 160 valence electrons. The zero-order valence-corrected chi connectivity index (χ0v) is 16.7. The van der Waals surface area contributed by atoms with Gasteiger partial charge in [0.25, 0.3) is 0 Å². The minimum Gasteiger partial charge on any atom is -0.403 e. The van der Waals surface area contributed by atoms with Crippen LogP contribution in [0.15, 0.2) is 64.4 Å². The van der Waals surface area contributed by atoms with Crippen molar-refractivity contribution < 1.29 is 13.2 Å². The van der Waals surface area contributed by atoms with Gasteiger partial charge in [0.15, 0.2) is 5.69 Å². The van der Waals surface area contributed by atoms with Gasteiger partial charge in [0.2, 0.25) is 5.56 Å². The molecular formula is C21H19F3N6O. The number of hydrogen-bond acceptors (Lipinski definition) is 6. The number of H-pyrrole nitrogens is 1. The SMILES string of the molecule is CN=C/C(=C\N)Nc1cc(-c2cc(-c3cccnc3C(F)(F)F)[nH]c(=O)c2)c(C)cn1. The number of halogens is 3. The Morgan fingerprint density at radius 1 is 1.23 bits per heavy atom. The fraction of sp³-hybridized carbons (Fsp3) is 0.143. The quantitative estimate of drug-likeness (QED) is 0.537. The number of aromatic nitrogens is 3. The van der Waals surface area contributed by atoms with Crippen molar-refractivity contribution >= 4 is 12.0 Å². The Hall–Kier alpha value is -3.95. The molecule has 0 amide bonds. The smallest absolute Gasteiger partial charge is 0.403 e. The van der Waals surface area contributed by atoms with E-state index in [-0.39, 0.29) is 11.3 Å². The molecule has 0 saturated heterocycles. The van der Waals surface area contributed by atoms with E-state index in [9.17, 15) is 18.0 Å². The van der Waals surface area contributed by atoms with Crippen molar-refractivity contribution in [3.63, 3.8) is 0 Å². The van der Waals surface area contributed by atoms with E-state index >= 15 is 0 Å². The zero-order valence-electron chi connectivity index (χ0n) is 16.7. The highest BCUT2D eigenvalue weighted by Crippen LogP contribution is 2.35. The van der Waals surface area contributed by atoms with E-state index in [1.165, 1.54) is 36.7 Å². The van der Waals surface area contributed by atoms with Crippen LogP contribution in [0, 0.1) is 6.92 Å². The average molecular weight is 428 g/mol. The number of nitrogens with zero attached hydrogens (tertiary/aromatic N) is 3. The lowest BCUT2D eigenvalue weighted by Crippen LogP contribution is -2.12. The van der Waals surface area contributed by atoms with E-state index in [2.05, 4.69) is 25.3 Å². The van der Waals surface area contributed by atoms with Crippen molar-refractivity contribution in [2.45, 2.75) is 13.1 Å². The monoisotopic (exact) mass is 428 g/mol. The molecule has 10 heteroatoms. The fourth-order valence-electron chi connectivity index (χ4n) is 3.00. The Balaban J connectivity index is 2.12. The van der Waals surface area contributed by atoms with Crippen LogP contribution in [0.25, 0.3) is 22.4 Å². The molecule has 0 fully saturated rings. The first kappa shape index (κ1) is 21.8. The van der Waals surface area contributed by atoms with Crippen molar-refractivity contribution in [2.75, 3.05) is 12.4 Å². The van der Waals surface area contributed by atoms with Crippen molar-refractivity contribution in [3.05, 3.63) is 76.2 Å². The fourth-order valence-corrected chi connectivity index (χ4v) is 3.00. The van der Waals surface area contributed by atoms with E-state index in [0.717, 1.165) is 11.8 Å². The van der Waals surface area contributed by atoms with Gasteiger partial charge in [0.05, 0.1) is 11.4 Å². The number of pyridine rings is 3. The van der Waals surface area contributed by atoms with Gasteiger partial charge in [0, 0.05) is 43.5 Å². The van der Waals surface area contributed by atoms with Crippen molar-refractivity contribution in [1.29, 1.82) is 0 Å². The first-order valence-electron chi connectivity index (χ1n) is 9.08. The molecule has 0 aliphatic heterocycles. The first-order valence-corrected chi connectivity index (χ1v) is 9.08. The highest BCUT2D eigenvalue weighted by molar-refractivity contribution is 5.83. The van der Waals surface area contributed by atoms with Crippen LogP contribution in [-0.4, -0.2) is 28.2 Å². The molecule has 31 heavy (non-hydrogen) atoms. The molecule has 0 unspecified atom stereocenters. The van der Waals surface area contributed by atoms with Crippen molar-refractivity contribution in [3.8, 4) is 22.4 Å². The van der Waals surface area contributed by atoms with Gasteiger partial charge < -0.3 is 16.0 Å². The van der Waals surface area contributed by atoms with Crippen molar-refractivity contribution in [2.24, 2.45) is 10.7 Å². The van der Waals surface area contributed by atoms with Gasteiger partial charge in [-0.1, -0.05) is 0 Å². The largest absolute Gasteiger partial charge is 0.434 e. The molecule has 3 heterocycles. The molecule has 0 spiro atoms. The Bertz CT molecular complexity index is 1210. The molecule has 0 aliphatic rings. The highest BCUT2D eigenvalue weighted by Gasteiger charge is 2.35. The number of nitrogens with one attached hydrogen (secondary N) is 2. The summed E-state index contributed by atoms with van der Waals surface area (Å²) in [6, 6.07) is 7.11. The maximum Gasteiger partial charge on any atom is 0.434 e. The summed E-state index contributed by atoms with van der Waals surface area (Å²) in [6.45, 7) is 1.78. The Labute approximate surface area is 175 Å². The van der Waals surface area contributed by atoms with Gasteiger partial charge in [-0.05, 0) is 47.9 Å². The molecular weight excluding hydrogens is 409 g/mol. The Morgan fingerprint density at radius 3 is 2.68 bits per heavy atom. The van der Waals surface area contributed by atoms with Gasteiger partial charge >= 0.3 is 6.18 Å². The lowest BCUT2D eigenvalue weighted by Gasteiger charge is -2.14. The number of allylic oxidation sites excluding steroid dienone is 1. The van der Waals surface area contributed by atoms with Crippen LogP contribution in [0.1, 0.15) is 11.3 Å². The van der Waals surface area contributed by atoms with Crippen LogP contribution in [-0.2, 0) is 6.18 Å². The second-order valence-corrected chi connectivity index (χ2v) is 6.56. The summed E-state index contributed by atoms with van der Waals surface area (Å²) in [5, 5.41) is 2.99. The van der Waals surface area contributed by atoms with E-state index in [4.69, 9.17) is 5.73 Å². The van der Waals surface area contributed by atoms with Gasteiger partial charge in [-0.2, -0.15) is 13.2 Å². The summed E-state index contributed by atoms with van der Waals surface area (Å²) in [7, 11) is 1.59. The molecule has 0 aromatic carbocycles. The maximum absolute atomic E-state index is 13.4. The lowest BCUT2D eigenvalue weighted by molar-refractivity contribution is -0.140. The van der Waals surface area contributed by atoms with E-state index in [0.29, 0.717) is 22.6 Å². The number of anilines is 1. The van der Waals surface area contributed by atoms with Crippen molar-refractivity contribution in [1.82, 2.24) is 15.0 Å². The first-order chi connectivity index (χ1) is 14.7. The normalized spacial score (nSPS) is 12.4. The second-order valence-electron chi connectivity index (χ2n) is 6.56. The second kappa shape index (κ2) is 8.82. The predicted molar refractivity (Wildman–Crippen MR) is 114 cm³/mol. The standard InChI is InChI=1S/C21H19F3N6O/c1-12-10-28-18(29-14(9-25)11-26-2)8-16(12)13-6-17(30-19(31)7-13)15-4-3-5-27-20(15)21(22,23)24/h3-11H,25H2,1-2H3,(H,28,29)(H,30,31)/b14-9+,26-11?. The van der Waals surface area contributed by atoms with Gasteiger partial charge in [0.1, 0.15) is 5.82 Å². The minimum absolute atomic E-state index is 0.00862. The number of nitrogens with two attached hydrogens (primary N) is 1. The number of aromatic amines is 1. The highest BCUT2D eigenvalue weighted by atomic mass is 19.4. The number of hydrogen-bond donors (Lipinski definition) is 3. The molecule has 0 aliphatic carbocycles. The Morgan fingerprint density at radius 2 is 2.00 bits per heavy atom. The van der Waals surface area contributed by atoms with Gasteiger partial charge in [-0.3, -0.25) is 14.8 Å². The molecule has 3 aromatic rings. The molecule has 3 rings (SSSR count). The van der Waals surface area contributed by atoms with Crippen LogP contribution in [0.4, 0.5) is 19.0 Å². The molecule has 0 radical (unpaired) electrons. The van der Waals surface area contributed by atoms with Gasteiger partial charge in [-0.25, -0.2) is 4.98 Å². The Kier molecular flexibility index (Phi) is 6.19. The molecule has 4 N–H and O–H groups in total. The summed E-state index contributed by atoms with van der Waals surface area (Å²) in [5.74, 6) is 0.427. The molecule has 0 bridgehead atoms. The predicted octanol–water partition coefficient (Wildman–Crippen LogP) is 3.74. The van der Waals surface area contributed by atoms with E-state index < -0.39 is 17.4 Å². The molecule has 0 atom stereocenters. The van der Waals surface area contributed by atoms with Crippen LogP contribution in [0.5, 0.6) is 0 Å². The molecule has 7 nitrogen and oxygen atoms in total. The third-order valence-corrected chi connectivity index (χ3v) is 4.35. The molecule has 3 aromatic heterocycles. The number of alkyl halides is 3. The topological polar surface area (TPSA) is 109 Å². The van der Waals surface area contributed by atoms with Crippen LogP contribution in [0.3, 0.4) is 0 Å². The summed E-state index contributed by atoms with van der Waals surface area (Å²) in [5.41, 5.74) is 6.00. The van der Waals surface area contributed by atoms with Crippen LogP contribution < -0.4 is 16.6 Å².